The third-order valence-electron chi connectivity index (χ3n) is 8.64. The Balaban J connectivity index is 0.000000233. The minimum absolute atomic E-state index is 0. The summed E-state index contributed by atoms with van der Waals surface area (Å²) in [5.41, 5.74) is 4.52. The van der Waals surface area contributed by atoms with E-state index in [0.29, 0.717) is 87.0 Å². The number of nitrogens with zero attached hydrogens (tertiary/aromatic N) is 13. The van der Waals surface area contributed by atoms with Gasteiger partial charge in [0.25, 0.3) is 0 Å². The standard InChI is InChI=1S/C18H18FN7O2.C15H16FN7O2.C3H3Br.2CH4/c1-2-6-24-9-8-23(13-21-24)17-4-3-14(10-16(17)19)26-12-15(28-18(26)27)11-25-7-5-20-22-25;16-13-7-11(1-2-14(13)21-5-3-17-19-10-21)23-9-12(25-15(23)24)8-22-6-4-18-20-22;1-2-3-4;;/h1,3-5,7,10,13,15H,6,8-9,11-12H2;1-2,4,6-7,10,12,17H,3,5,8-9H2;1H,3H2;2*1H4/t15-;12-;;;/m00.../s1. The second-order valence-corrected chi connectivity index (χ2v) is 13.0. The van der Waals surface area contributed by atoms with Crippen molar-refractivity contribution < 1.29 is 27.8 Å². The van der Waals surface area contributed by atoms with Crippen molar-refractivity contribution >= 4 is 63.5 Å². The molecule has 0 aliphatic carbocycles. The second-order valence-electron chi connectivity index (χ2n) is 12.5. The summed E-state index contributed by atoms with van der Waals surface area (Å²) in [6.07, 6.45) is 17.8. The molecule has 2 aromatic carbocycles. The van der Waals surface area contributed by atoms with E-state index in [-0.39, 0.29) is 27.1 Å². The van der Waals surface area contributed by atoms with Gasteiger partial charge < -0.3 is 24.7 Å². The molecule has 1 N–H and O–H groups in total. The Kier molecular flexibility index (Phi) is 16.5. The number of cyclic esters (lactones) is 2. The number of ether oxygens (including phenoxy) is 2. The van der Waals surface area contributed by atoms with E-state index in [9.17, 15) is 18.4 Å². The van der Waals surface area contributed by atoms with E-state index in [4.69, 9.17) is 22.3 Å². The van der Waals surface area contributed by atoms with Gasteiger partial charge in [0.15, 0.2) is 0 Å². The second kappa shape index (κ2) is 21.7. The molecule has 0 bridgehead atoms. The number of amides is 2. The number of hydrogen-bond donors (Lipinski definition) is 1. The van der Waals surface area contributed by atoms with Gasteiger partial charge in [-0.05, 0) is 36.4 Å². The van der Waals surface area contributed by atoms with Crippen LogP contribution in [0, 0.1) is 36.3 Å². The van der Waals surface area contributed by atoms with Crippen LogP contribution >= 0.6 is 15.9 Å². The molecule has 2 fully saturated rings. The van der Waals surface area contributed by atoms with Gasteiger partial charge in [0, 0.05) is 25.5 Å². The lowest BCUT2D eigenvalue weighted by Crippen LogP contribution is -2.38. The monoisotopic (exact) mass is 878 g/mol. The predicted molar refractivity (Wildman–Crippen MR) is 224 cm³/mol. The maximum Gasteiger partial charge on any atom is 0.414 e. The zero-order chi connectivity index (χ0) is 40.1. The molecule has 2 aromatic heterocycles. The van der Waals surface area contributed by atoms with Gasteiger partial charge in [-0.25, -0.2) is 27.7 Å². The first-order valence-electron chi connectivity index (χ1n) is 17.5. The van der Waals surface area contributed by atoms with Crippen molar-refractivity contribution in [3.8, 4) is 24.7 Å². The molecule has 59 heavy (non-hydrogen) atoms. The highest BCUT2D eigenvalue weighted by Crippen LogP contribution is 2.30. The predicted octanol–water partition coefficient (Wildman–Crippen LogP) is 4.22. The number of terminal acetylenes is 2. The minimum Gasteiger partial charge on any atom is -0.442 e. The molecule has 18 nitrogen and oxygen atoms in total. The maximum absolute atomic E-state index is 14.7. The van der Waals surface area contributed by atoms with E-state index in [2.05, 4.69) is 64.0 Å². The van der Waals surface area contributed by atoms with Crippen molar-refractivity contribution in [2.45, 2.75) is 40.2 Å². The Morgan fingerprint density at radius 2 is 1.31 bits per heavy atom. The number of rotatable bonds is 9. The summed E-state index contributed by atoms with van der Waals surface area (Å²) in [6.45, 7) is 4.26. The molecule has 6 heterocycles. The van der Waals surface area contributed by atoms with Crippen molar-refractivity contribution in [1.29, 1.82) is 0 Å². The Labute approximate surface area is 349 Å². The molecule has 2 atom stereocenters. The molecule has 0 unspecified atom stereocenters. The number of carbonyl (C=O) groups excluding carboxylic acids is 2. The summed E-state index contributed by atoms with van der Waals surface area (Å²) in [5, 5.41) is 25.7. The van der Waals surface area contributed by atoms with Crippen molar-refractivity contribution in [3.05, 3.63) is 72.8 Å². The fourth-order valence-electron chi connectivity index (χ4n) is 5.99. The van der Waals surface area contributed by atoms with Crippen LogP contribution in [0.4, 0.5) is 41.1 Å². The number of hydrazone groups is 2. The Morgan fingerprint density at radius 3 is 1.69 bits per heavy atom. The third kappa shape index (κ3) is 11.7. The van der Waals surface area contributed by atoms with Gasteiger partial charge in [0.05, 0.1) is 86.3 Å². The Bertz CT molecular complexity index is 2130. The van der Waals surface area contributed by atoms with E-state index in [1.807, 2.05) is 0 Å². The normalized spacial score (nSPS) is 17.8. The highest BCUT2D eigenvalue weighted by molar-refractivity contribution is 9.09. The van der Waals surface area contributed by atoms with Crippen molar-refractivity contribution in [1.82, 2.24) is 40.4 Å². The summed E-state index contributed by atoms with van der Waals surface area (Å²) in [5.74, 6) is 4.01. The number of halogens is 3. The molecule has 0 radical (unpaired) electrons. The van der Waals surface area contributed by atoms with Gasteiger partial charge in [0.1, 0.15) is 36.5 Å². The first-order valence-corrected chi connectivity index (χ1v) is 18.6. The molecule has 21 heteroatoms. The number of aromatic nitrogens is 6. The summed E-state index contributed by atoms with van der Waals surface area (Å²) in [4.78, 5) is 30.6. The summed E-state index contributed by atoms with van der Waals surface area (Å²) in [7, 11) is 0. The number of carbonyl (C=O) groups is 2. The van der Waals surface area contributed by atoms with Crippen LogP contribution in [-0.4, -0.2) is 123 Å². The van der Waals surface area contributed by atoms with E-state index in [1.165, 1.54) is 21.9 Å². The van der Waals surface area contributed by atoms with Gasteiger partial charge in [0.2, 0.25) is 0 Å². The molecule has 2 saturated heterocycles. The first kappa shape index (κ1) is 45.0. The van der Waals surface area contributed by atoms with Gasteiger partial charge in [-0.15, -0.1) is 23.0 Å². The van der Waals surface area contributed by atoms with Crippen molar-refractivity contribution in [3.63, 3.8) is 0 Å². The van der Waals surface area contributed by atoms with Crippen LogP contribution in [-0.2, 0) is 22.6 Å². The lowest BCUT2D eigenvalue weighted by atomic mass is 10.2. The summed E-state index contributed by atoms with van der Waals surface area (Å²) < 4.78 is 43.1. The average Bonchev–Trinajstić information content (AvgIpc) is 4.06. The molecule has 8 rings (SSSR count). The lowest BCUT2D eigenvalue weighted by Gasteiger charge is -2.29. The van der Waals surface area contributed by atoms with Gasteiger partial charge in [-0.2, -0.15) is 10.2 Å². The van der Waals surface area contributed by atoms with E-state index >= 15 is 0 Å². The molecular formula is C38H45BrF2N14O4. The van der Waals surface area contributed by atoms with Crippen LogP contribution in [0.3, 0.4) is 0 Å². The lowest BCUT2D eigenvalue weighted by molar-refractivity contribution is 0.128. The van der Waals surface area contributed by atoms with Crippen LogP contribution in [0.1, 0.15) is 14.9 Å². The number of benzene rings is 2. The fraction of sp³-hybridized carbons (Fsp3) is 0.368. The average molecular weight is 880 g/mol. The highest BCUT2D eigenvalue weighted by Gasteiger charge is 2.34. The van der Waals surface area contributed by atoms with Crippen molar-refractivity contribution in [2.24, 2.45) is 10.2 Å². The zero-order valence-electron chi connectivity index (χ0n) is 30.4. The minimum atomic E-state index is -0.512. The molecule has 4 aliphatic heterocycles. The number of anilines is 4. The Morgan fingerprint density at radius 1 is 0.780 bits per heavy atom. The van der Waals surface area contributed by atoms with E-state index < -0.39 is 23.8 Å². The summed E-state index contributed by atoms with van der Waals surface area (Å²) >= 11 is 3.01. The fourth-order valence-corrected chi connectivity index (χ4v) is 5.99. The Hall–Kier alpha value is -6.74. The quantitative estimate of drug-likeness (QED) is 0.188. The molecule has 2 amide bonds. The SMILES string of the molecule is C.C.C#CCBr.C#CCN1CCN(c2ccc(N3C[C@H](Cn4ccnn4)OC3=O)cc2F)C=N1.O=C1O[C@@H](Cn2ccnn2)CN1c1ccc(N2C=NNCC2)c(F)c1. The molecular weight excluding hydrogens is 834 g/mol. The molecule has 4 aromatic rings. The largest absolute Gasteiger partial charge is 0.442 e. The van der Waals surface area contributed by atoms with Gasteiger partial charge >= 0.3 is 12.2 Å². The first-order chi connectivity index (χ1) is 27.8. The summed E-state index contributed by atoms with van der Waals surface area (Å²) in [6, 6.07) is 9.33. The topological polar surface area (TPSA) is 167 Å². The number of hydrogen-bond acceptors (Lipinski definition) is 14. The molecule has 0 spiro atoms. The van der Waals surface area contributed by atoms with Crippen LogP contribution in [0.15, 0.2) is 71.4 Å². The van der Waals surface area contributed by atoms with E-state index in [1.54, 1.807) is 85.9 Å². The number of alkyl halides is 1. The van der Waals surface area contributed by atoms with Crippen LogP contribution < -0.4 is 25.0 Å². The number of nitrogens with one attached hydrogen (secondary N) is 1. The van der Waals surface area contributed by atoms with Crippen LogP contribution in [0.2, 0.25) is 0 Å². The molecule has 4 aliphatic rings. The molecule has 312 valence electrons. The smallest absolute Gasteiger partial charge is 0.414 e. The van der Waals surface area contributed by atoms with E-state index in [0.717, 1.165) is 0 Å². The van der Waals surface area contributed by atoms with Gasteiger partial charge in [-0.1, -0.05) is 53.1 Å². The third-order valence-corrected chi connectivity index (χ3v) is 8.96. The van der Waals surface area contributed by atoms with Crippen LogP contribution in [0.25, 0.3) is 0 Å². The van der Waals surface area contributed by atoms with Gasteiger partial charge in [-0.3, -0.25) is 14.8 Å². The highest BCUT2D eigenvalue weighted by atomic mass is 79.9. The maximum atomic E-state index is 14.7. The van der Waals surface area contributed by atoms with Crippen molar-refractivity contribution in [2.75, 3.05) is 70.7 Å². The molecule has 0 saturated carbocycles. The zero-order valence-corrected chi connectivity index (χ0v) is 32.0. The van der Waals surface area contributed by atoms with Crippen LogP contribution in [0.5, 0.6) is 0 Å².